The third-order valence-corrected chi connectivity index (χ3v) is 3.23. The quantitative estimate of drug-likeness (QED) is 0.717. The summed E-state index contributed by atoms with van der Waals surface area (Å²) < 4.78 is 0. The third-order valence-electron chi connectivity index (χ3n) is 3.23. The van der Waals surface area contributed by atoms with Crippen LogP contribution in [-0.4, -0.2) is 12.1 Å². The van der Waals surface area contributed by atoms with E-state index in [4.69, 9.17) is 0 Å². The van der Waals surface area contributed by atoms with E-state index in [0.29, 0.717) is 12.1 Å². The van der Waals surface area contributed by atoms with Crippen molar-refractivity contribution in [2.45, 2.75) is 65.5 Å². The number of benzene rings is 1. The maximum absolute atomic E-state index is 3.70. The molecule has 0 saturated heterocycles. The van der Waals surface area contributed by atoms with Crippen LogP contribution in [0.3, 0.4) is 0 Å². The molecule has 0 heterocycles. The van der Waals surface area contributed by atoms with E-state index in [2.05, 4.69) is 63.3 Å². The first-order chi connectivity index (χ1) is 8.58. The first-order valence-corrected chi connectivity index (χ1v) is 7.38. The lowest BCUT2D eigenvalue weighted by Gasteiger charge is -2.22. The number of hydrogen-bond acceptors (Lipinski definition) is 1. The molecule has 0 aliphatic heterocycles. The minimum absolute atomic E-state index is 0.567. The number of hydrogen-bond donors (Lipinski definition) is 1. The van der Waals surface area contributed by atoms with Gasteiger partial charge in [0.25, 0.3) is 0 Å². The van der Waals surface area contributed by atoms with Crippen LogP contribution in [0.4, 0.5) is 0 Å². The summed E-state index contributed by atoms with van der Waals surface area (Å²) in [5.74, 6) is 0.821. The summed E-state index contributed by atoms with van der Waals surface area (Å²) in [7, 11) is 0. The van der Waals surface area contributed by atoms with Gasteiger partial charge in [0.15, 0.2) is 0 Å². The Kier molecular flexibility index (Phi) is 7.04. The molecule has 18 heavy (non-hydrogen) atoms. The second-order valence-electron chi connectivity index (χ2n) is 6.03. The predicted molar refractivity (Wildman–Crippen MR) is 80.9 cm³/mol. The summed E-state index contributed by atoms with van der Waals surface area (Å²) in [6, 6.07) is 12.0. The fraction of sp³-hybridized carbons (Fsp3) is 0.647. The van der Waals surface area contributed by atoms with Gasteiger partial charge in [-0.2, -0.15) is 0 Å². The van der Waals surface area contributed by atoms with Gasteiger partial charge in [-0.05, 0) is 24.3 Å². The Balaban J connectivity index is 2.45. The summed E-state index contributed by atoms with van der Waals surface area (Å²) >= 11 is 0. The molecule has 0 spiro atoms. The molecule has 0 saturated carbocycles. The molecule has 1 aromatic carbocycles. The van der Waals surface area contributed by atoms with Crippen molar-refractivity contribution in [3.8, 4) is 0 Å². The zero-order valence-corrected chi connectivity index (χ0v) is 12.4. The van der Waals surface area contributed by atoms with Gasteiger partial charge in [-0.1, -0.05) is 70.9 Å². The molecule has 102 valence electrons. The Bertz CT molecular complexity index is 303. The Labute approximate surface area is 113 Å². The summed E-state index contributed by atoms with van der Waals surface area (Å²) in [5, 5.41) is 3.70. The Hall–Kier alpha value is -0.820. The molecule has 0 amide bonds. The molecule has 1 rings (SSSR count). The summed E-state index contributed by atoms with van der Waals surface area (Å²) in [6.07, 6.45) is 5.10. The van der Waals surface area contributed by atoms with Gasteiger partial charge in [0.1, 0.15) is 0 Å². The van der Waals surface area contributed by atoms with E-state index in [1.807, 2.05) is 0 Å². The minimum Gasteiger partial charge on any atom is -0.311 e. The summed E-state index contributed by atoms with van der Waals surface area (Å²) in [4.78, 5) is 0. The second kappa shape index (κ2) is 8.31. The van der Waals surface area contributed by atoms with Crippen LogP contribution in [0.15, 0.2) is 30.3 Å². The molecule has 0 fully saturated rings. The average molecular weight is 247 g/mol. The molecule has 0 aromatic heterocycles. The normalized spacial score (nSPS) is 13.2. The maximum Gasteiger partial charge on any atom is 0.0110 e. The van der Waals surface area contributed by atoms with Crippen molar-refractivity contribution in [3.05, 3.63) is 35.9 Å². The minimum atomic E-state index is 0.567. The molecule has 1 aromatic rings. The van der Waals surface area contributed by atoms with Crippen LogP contribution in [0.5, 0.6) is 0 Å². The smallest absolute Gasteiger partial charge is 0.0110 e. The van der Waals surface area contributed by atoms with Gasteiger partial charge in [-0.3, -0.25) is 0 Å². The zero-order valence-electron chi connectivity index (χ0n) is 12.4. The molecule has 0 aliphatic carbocycles. The van der Waals surface area contributed by atoms with E-state index in [-0.39, 0.29) is 0 Å². The predicted octanol–water partition coefficient (Wildman–Crippen LogP) is 4.42. The average Bonchev–Trinajstić information content (AvgIpc) is 2.28. The Morgan fingerprint density at radius 2 is 1.61 bits per heavy atom. The van der Waals surface area contributed by atoms with E-state index >= 15 is 0 Å². The van der Waals surface area contributed by atoms with Crippen molar-refractivity contribution in [2.24, 2.45) is 5.92 Å². The first kappa shape index (κ1) is 15.2. The molecule has 1 unspecified atom stereocenters. The standard InChI is InChI=1S/C17H29N/c1-14(2)9-8-12-17(18-15(3)4)13-16-10-6-5-7-11-16/h5-7,10-11,14-15,17-18H,8-9,12-13H2,1-4H3. The van der Waals surface area contributed by atoms with Gasteiger partial charge in [-0.15, -0.1) is 0 Å². The molecule has 1 N–H and O–H groups in total. The van der Waals surface area contributed by atoms with Gasteiger partial charge in [0.2, 0.25) is 0 Å². The number of rotatable bonds is 8. The van der Waals surface area contributed by atoms with Gasteiger partial charge in [0, 0.05) is 12.1 Å². The molecular weight excluding hydrogens is 218 g/mol. The first-order valence-electron chi connectivity index (χ1n) is 7.38. The van der Waals surface area contributed by atoms with Crippen LogP contribution in [0, 0.1) is 5.92 Å². The van der Waals surface area contributed by atoms with E-state index < -0.39 is 0 Å². The van der Waals surface area contributed by atoms with Crippen LogP contribution >= 0.6 is 0 Å². The SMILES string of the molecule is CC(C)CCCC(Cc1ccccc1)NC(C)C. The highest BCUT2D eigenvalue weighted by atomic mass is 14.9. The summed E-state index contributed by atoms with van der Waals surface area (Å²) in [5.41, 5.74) is 1.44. The lowest BCUT2D eigenvalue weighted by Crippen LogP contribution is -2.36. The van der Waals surface area contributed by atoms with E-state index in [0.717, 1.165) is 12.3 Å². The Morgan fingerprint density at radius 3 is 2.17 bits per heavy atom. The third kappa shape index (κ3) is 6.80. The van der Waals surface area contributed by atoms with E-state index in [1.54, 1.807) is 0 Å². The van der Waals surface area contributed by atoms with Gasteiger partial charge < -0.3 is 5.32 Å². The maximum atomic E-state index is 3.70. The fourth-order valence-corrected chi connectivity index (χ4v) is 2.39. The zero-order chi connectivity index (χ0) is 13.4. The van der Waals surface area contributed by atoms with E-state index in [9.17, 15) is 0 Å². The van der Waals surface area contributed by atoms with Crippen LogP contribution in [0.2, 0.25) is 0 Å². The van der Waals surface area contributed by atoms with Gasteiger partial charge >= 0.3 is 0 Å². The topological polar surface area (TPSA) is 12.0 Å². The Morgan fingerprint density at radius 1 is 0.944 bits per heavy atom. The van der Waals surface area contributed by atoms with Crippen LogP contribution in [0.1, 0.15) is 52.5 Å². The van der Waals surface area contributed by atoms with Gasteiger partial charge in [-0.25, -0.2) is 0 Å². The van der Waals surface area contributed by atoms with Crippen molar-refractivity contribution < 1.29 is 0 Å². The lowest BCUT2D eigenvalue weighted by molar-refractivity contribution is 0.407. The van der Waals surface area contributed by atoms with Crippen LogP contribution in [0.25, 0.3) is 0 Å². The highest BCUT2D eigenvalue weighted by molar-refractivity contribution is 5.15. The number of nitrogens with one attached hydrogen (secondary N) is 1. The van der Waals surface area contributed by atoms with Gasteiger partial charge in [0.05, 0.1) is 0 Å². The molecule has 1 atom stereocenters. The highest BCUT2D eigenvalue weighted by Gasteiger charge is 2.10. The second-order valence-corrected chi connectivity index (χ2v) is 6.03. The van der Waals surface area contributed by atoms with Crippen molar-refractivity contribution in [2.75, 3.05) is 0 Å². The summed E-state index contributed by atoms with van der Waals surface area (Å²) in [6.45, 7) is 9.09. The highest BCUT2D eigenvalue weighted by Crippen LogP contribution is 2.12. The molecule has 1 heteroatoms. The molecule has 0 aliphatic rings. The van der Waals surface area contributed by atoms with Crippen LogP contribution < -0.4 is 5.32 Å². The van der Waals surface area contributed by atoms with Crippen molar-refractivity contribution in [1.82, 2.24) is 5.32 Å². The molecular formula is C17H29N. The lowest BCUT2D eigenvalue weighted by atomic mass is 9.97. The van der Waals surface area contributed by atoms with Crippen molar-refractivity contribution in [3.63, 3.8) is 0 Å². The largest absolute Gasteiger partial charge is 0.311 e. The van der Waals surface area contributed by atoms with Crippen molar-refractivity contribution in [1.29, 1.82) is 0 Å². The molecule has 1 nitrogen and oxygen atoms in total. The van der Waals surface area contributed by atoms with Crippen LogP contribution in [-0.2, 0) is 6.42 Å². The fourth-order valence-electron chi connectivity index (χ4n) is 2.39. The van der Waals surface area contributed by atoms with Crippen molar-refractivity contribution >= 4 is 0 Å². The molecule has 0 bridgehead atoms. The molecule has 0 radical (unpaired) electrons. The van der Waals surface area contributed by atoms with E-state index in [1.165, 1.54) is 24.8 Å². The monoisotopic (exact) mass is 247 g/mol.